The van der Waals surface area contributed by atoms with Gasteiger partial charge < -0.3 is 20.6 Å². The molecule has 0 radical (unpaired) electrons. The maximum atomic E-state index is 5.61. The first-order chi connectivity index (χ1) is 18.3. The smallest absolute Gasteiger partial charge is 0.107 e. The summed E-state index contributed by atoms with van der Waals surface area (Å²) in [6.07, 6.45) is 0. The molecule has 4 aromatic heterocycles. The third-order valence-corrected chi connectivity index (χ3v) is 8.22. The number of rotatable bonds is 6. The number of hydrogen-bond donors (Lipinski definition) is 2. The highest BCUT2D eigenvalue weighted by Crippen LogP contribution is 2.21. The van der Waals surface area contributed by atoms with Crippen molar-refractivity contribution in [3.8, 4) is 0 Å². The SMILES string of the molecule is C.Cc1ccc2c(c1)nc(C)n2Cc1csc(CN)n1.Cc1ccc2nc(C)n(Cc3csc(CN)n3)c2c1. The lowest BCUT2D eigenvalue weighted by Gasteiger charge is -2.04. The molecule has 0 fully saturated rings. The molecule has 0 bridgehead atoms. The molecule has 6 aromatic rings. The predicted molar refractivity (Wildman–Crippen MR) is 163 cm³/mol. The molecule has 0 aliphatic heterocycles. The molecule has 0 spiro atoms. The molecule has 8 nitrogen and oxygen atoms in total. The van der Waals surface area contributed by atoms with E-state index in [4.69, 9.17) is 11.5 Å². The minimum absolute atomic E-state index is 0. The number of nitrogens with zero attached hydrogens (tertiary/aromatic N) is 6. The van der Waals surface area contributed by atoms with Crippen molar-refractivity contribution in [2.45, 2.75) is 61.3 Å². The number of imidazole rings is 2. The van der Waals surface area contributed by atoms with E-state index in [0.29, 0.717) is 13.1 Å². The van der Waals surface area contributed by atoms with Crippen LogP contribution in [-0.2, 0) is 26.2 Å². The summed E-state index contributed by atoms with van der Waals surface area (Å²) in [5.41, 5.74) is 20.2. The third kappa shape index (κ3) is 6.25. The first kappa shape index (κ1) is 28.6. The Bertz CT molecular complexity index is 1710. The van der Waals surface area contributed by atoms with Gasteiger partial charge in [-0.25, -0.2) is 19.9 Å². The van der Waals surface area contributed by atoms with Gasteiger partial charge in [-0.05, 0) is 63.1 Å². The van der Waals surface area contributed by atoms with Crippen LogP contribution in [0.1, 0.15) is 51.6 Å². The van der Waals surface area contributed by atoms with Crippen molar-refractivity contribution in [3.63, 3.8) is 0 Å². The Balaban J connectivity index is 0.000000176. The zero-order chi connectivity index (χ0) is 26.8. The molecule has 6 rings (SSSR count). The van der Waals surface area contributed by atoms with Crippen LogP contribution in [0.3, 0.4) is 0 Å². The minimum Gasteiger partial charge on any atom is -0.325 e. The third-order valence-electron chi connectivity index (χ3n) is 6.38. The summed E-state index contributed by atoms with van der Waals surface area (Å²) in [5, 5.41) is 6.10. The number of nitrogens with two attached hydrogens (primary N) is 2. The Labute approximate surface area is 237 Å². The predicted octanol–water partition coefficient (Wildman–Crippen LogP) is 5.87. The molecule has 0 atom stereocenters. The second-order valence-electron chi connectivity index (χ2n) is 9.35. The number of hydrogen-bond acceptors (Lipinski definition) is 8. The maximum Gasteiger partial charge on any atom is 0.107 e. The quantitative estimate of drug-likeness (QED) is 0.263. The van der Waals surface area contributed by atoms with Crippen molar-refractivity contribution in [3.05, 3.63) is 91.3 Å². The second kappa shape index (κ2) is 12.2. The van der Waals surface area contributed by atoms with Gasteiger partial charge in [-0.15, -0.1) is 22.7 Å². The highest BCUT2D eigenvalue weighted by Gasteiger charge is 2.11. The Kier molecular flexibility index (Phi) is 8.91. The van der Waals surface area contributed by atoms with E-state index in [1.54, 1.807) is 22.7 Å². The largest absolute Gasteiger partial charge is 0.325 e. The van der Waals surface area contributed by atoms with Crippen LogP contribution >= 0.6 is 22.7 Å². The molecule has 4 N–H and O–H groups in total. The molecule has 0 amide bonds. The van der Waals surface area contributed by atoms with Gasteiger partial charge in [0.05, 0.1) is 46.5 Å². The normalized spacial score (nSPS) is 11.0. The summed E-state index contributed by atoms with van der Waals surface area (Å²) < 4.78 is 4.40. The van der Waals surface area contributed by atoms with Gasteiger partial charge in [-0.2, -0.15) is 0 Å². The van der Waals surface area contributed by atoms with E-state index in [1.165, 1.54) is 16.6 Å². The maximum absolute atomic E-state index is 5.61. The van der Waals surface area contributed by atoms with Gasteiger partial charge in [0.2, 0.25) is 0 Å². The second-order valence-corrected chi connectivity index (χ2v) is 11.2. The molecule has 39 heavy (non-hydrogen) atoms. The molecular formula is C29H36N8S2. The van der Waals surface area contributed by atoms with Crippen molar-refractivity contribution >= 4 is 44.7 Å². The van der Waals surface area contributed by atoms with Crippen LogP contribution in [0.2, 0.25) is 0 Å². The standard InChI is InChI=1S/2C14H16N4S.CH4/c1-9-3-4-13-12(5-9)16-10(2)18(13)7-11-8-19-14(6-15)17-11;1-9-3-4-12-13(5-9)18(10(2)16-12)7-11-8-19-14(6-15)17-11;/h2*3-5,8H,6-7,15H2,1-2H3;1H4. The van der Waals surface area contributed by atoms with Crippen molar-refractivity contribution in [2.24, 2.45) is 11.5 Å². The number of aromatic nitrogens is 6. The minimum atomic E-state index is 0. The zero-order valence-corrected chi connectivity index (χ0v) is 23.7. The molecule has 0 unspecified atom stereocenters. The Morgan fingerprint density at radius 1 is 0.641 bits per heavy atom. The van der Waals surface area contributed by atoms with Crippen LogP contribution in [0.5, 0.6) is 0 Å². The van der Waals surface area contributed by atoms with Crippen LogP contribution in [0.25, 0.3) is 22.1 Å². The summed E-state index contributed by atoms with van der Waals surface area (Å²) >= 11 is 3.23. The van der Waals surface area contributed by atoms with Crippen molar-refractivity contribution < 1.29 is 0 Å². The average molecular weight is 561 g/mol. The van der Waals surface area contributed by atoms with Crippen LogP contribution in [-0.4, -0.2) is 29.1 Å². The summed E-state index contributed by atoms with van der Waals surface area (Å²) in [4.78, 5) is 18.2. The lowest BCUT2D eigenvalue weighted by atomic mass is 10.2. The molecule has 0 saturated heterocycles. The highest BCUT2D eigenvalue weighted by molar-refractivity contribution is 7.09. The molecule has 2 aromatic carbocycles. The topological polar surface area (TPSA) is 113 Å². The number of fused-ring (bicyclic) bond motifs is 2. The lowest BCUT2D eigenvalue weighted by Crippen LogP contribution is -2.03. The molecule has 0 saturated carbocycles. The molecule has 4 heterocycles. The first-order valence-corrected chi connectivity index (χ1v) is 14.2. The summed E-state index contributed by atoms with van der Waals surface area (Å²) in [6, 6.07) is 12.7. The van der Waals surface area contributed by atoms with Crippen molar-refractivity contribution in [2.75, 3.05) is 0 Å². The van der Waals surface area contributed by atoms with Gasteiger partial charge in [0.25, 0.3) is 0 Å². The van der Waals surface area contributed by atoms with Crippen LogP contribution in [0.15, 0.2) is 47.2 Å². The van der Waals surface area contributed by atoms with E-state index in [0.717, 1.165) is 62.7 Å². The first-order valence-electron chi connectivity index (χ1n) is 12.5. The van der Waals surface area contributed by atoms with Gasteiger partial charge in [-0.1, -0.05) is 19.6 Å². The zero-order valence-electron chi connectivity index (χ0n) is 22.1. The van der Waals surface area contributed by atoms with Gasteiger partial charge in [0.1, 0.15) is 21.7 Å². The Morgan fingerprint density at radius 2 is 1.15 bits per heavy atom. The van der Waals surface area contributed by atoms with E-state index in [-0.39, 0.29) is 7.43 Å². The fourth-order valence-corrected chi connectivity index (χ4v) is 5.80. The molecular weight excluding hydrogens is 525 g/mol. The average Bonchev–Trinajstić information content (AvgIpc) is 3.67. The summed E-state index contributed by atoms with van der Waals surface area (Å²) in [6.45, 7) is 10.8. The summed E-state index contributed by atoms with van der Waals surface area (Å²) in [7, 11) is 0. The van der Waals surface area contributed by atoms with Gasteiger partial charge in [0, 0.05) is 23.8 Å². The van der Waals surface area contributed by atoms with Gasteiger partial charge >= 0.3 is 0 Å². The number of benzene rings is 2. The monoisotopic (exact) mass is 560 g/mol. The van der Waals surface area contributed by atoms with E-state index in [1.807, 2.05) is 13.8 Å². The lowest BCUT2D eigenvalue weighted by molar-refractivity contribution is 0.764. The van der Waals surface area contributed by atoms with Gasteiger partial charge in [0.15, 0.2) is 0 Å². The van der Waals surface area contributed by atoms with E-state index in [9.17, 15) is 0 Å². The van der Waals surface area contributed by atoms with Crippen LogP contribution in [0.4, 0.5) is 0 Å². The Morgan fingerprint density at radius 3 is 1.72 bits per heavy atom. The number of aryl methyl sites for hydroxylation is 4. The molecule has 0 aliphatic carbocycles. The molecule has 10 heteroatoms. The molecule has 0 aliphatic rings. The Hall–Kier alpha value is -3.44. The van der Waals surface area contributed by atoms with Crippen LogP contribution in [0, 0.1) is 27.7 Å². The van der Waals surface area contributed by atoms with Crippen molar-refractivity contribution in [1.29, 1.82) is 0 Å². The van der Waals surface area contributed by atoms with Gasteiger partial charge in [-0.3, -0.25) is 0 Å². The molecule has 204 valence electrons. The fraction of sp³-hybridized carbons (Fsp3) is 0.310. The summed E-state index contributed by atoms with van der Waals surface area (Å²) in [5.74, 6) is 2.03. The van der Waals surface area contributed by atoms with Crippen molar-refractivity contribution in [1.82, 2.24) is 29.1 Å². The van der Waals surface area contributed by atoms with E-state index in [2.05, 4.69) is 90.1 Å². The highest BCUT2D eigenvalue weighted by atomic mass is 32.1. The van der Waals surface area contributed by atoms with E-state index < -0.39 is 0 Å². The van der Waals surface area contributed by atoms with E-state index >= 15 is 0 Å². The number of thiazole rings is 2. The fourth-order valence-electron chi connectivity index (χ4n) is 4.47. The van der Waals surface area contributed by atoms with Crippen LogP contribution < -0.4 is 11.5 Å².